The van der Waals surface area contributed by atoms with Gasteiger partial charge in [-0.05, 0) is 58.7 Å². The zero-order valence-corrected chi connectivity index (χ0v) is 12.4. The van der Waals surface area contributed by atoms with E-state index in [1.807, 2.05) is 0 Å². The molecule has 0 saturated heterocycles. The van der Waals surface area contributed by atoms with Gasteiger partial charge < -0.3 is 10.4 Å². The Bertz CT molecular complexity index is 643. The fraction of sp³-hybridized carbons (Fsp3) is 0.0714. The molecule has 0 unspecified atom stereocenters. The maximum Gasteiger partial charge on any atom is 0.257 e. The molecule has 98 valence electrons. The van der Waals surface area contributed by atoms with Gasteiger partial charge in [0.15, 0.2) is 0 Å². The molecule has 0 spiro atoms. The Hall–Kier alpha value is -1.52. The number of hydrogen-bond acceptors (Lipinski definition) is 2. The monoisotopic (exact) mass is 339 g/mol. The molecule has 19 heavy (non-hydrogen) atoms. The molecule has 0 atom stereocenters. The number of aryl methyl sites for hydroxylation is 1. The molecular formula is C14H11BrClNO2. The van der Waals surface area contributed by atoms with Crippen LogP contribution < -0.4 is 5.32 Å². The third-order valence-electron chi connectivity index (χ3n) is 2.65. The maximum absolute atomic E-state index is 12.1. The molecule has 0 aromatic heterocycles. The topological polar surface area (TPSA) is 49.3 Å². The first-order valence-electron chi connectivity index (χ1n) is 5.54. The summed E-state index contributed by atoms with van der Waals surface area (Å²) in [6.45, 7) is 1.80. The van der Waals surface area contributed by atoms with E-state index < -0.39 is 0 Å². The molecule has 2 N–H and O–H groups in total. The molecule has 0 fully saturated rings. The van der Waals surface area contributed by atoms with E-state index in [-0.39, 0.29) is 11.7 Å². The molecule has 0 heterocycles. The average Bonchev–Trinajstić information content (AvgIpc) is 2.36. The Morgan fingerprint density at radius 3 is 2.74 bits per heavy atom. The van der Waals surface area contributed by atoms with E-state index in [9.17, 15) is 9.90 Å². The highest BCUT2D eigenvalue weighted by Gasteiger charge is 2.13. The number of phenolic OH excluding ortho intramolecular Hbond substituents is 1. The van der Waals surface area contributed by atoms with Crippen LogP contribution in [0.25, 0.3) is 0 Å². The van der Waals surface area contributed by atoms with Gasteiger partial charge >= 0.3 is 0 Å². The largest absolute Gasteiger partial charge is 0.508 e. The first kappa shape index (κ1) is 13.9. The maximum atomic E-state index is 12.1. The summed E-state index contributed by atoms with van der Waals surface area (Å²) in [7, 11) is 0. The predicted octanol–water partition coefficient (Wildman–Crippen LogP) is 4.37. The van der Waals surface area contributed by atoms with Crippen LogP contribution in [0.1, 0.15) is 15.9 Å². The molecule has 5 heteroatoms. The van der Waals surface area contributed by atoms with Gasteiger partial charge in [0.2, 0.25) is 0 Å². The van der Waals surface area contributed by atoms with Crippen molar-refractivity contribution in [1.82, 2.24) is 0 Å². The summed E-state index contributed by atoms with van der Waals surface area (Å²) >= 11 is 9.35. The van der Waals surface area contributed by atoms with E-state index in [1.54, 1.807) is 37.3 Å². The smallest absolute Gasteiger partial charge is 0.257 e. The van der Waals surface area contributed by atoms with Crippen LogP contribution in [0.2, 0.25) is 5.02 Å². The number of amides is 1. The minimum atomic E-state index is -0.292. The number of nitrogens with one attached hydrogen (secondary N) is 1. The van der Waals surface area contributed by atoms with Crippen LogP contribution >= 0.6 is 27.5 Å². The number of hydrogen-bond donors (Lipinski definition) is 2. The highest BCUT2D eigenvalue weighted by molar-refractivity contribution is 9.10. The molecule has 0 radical (unpaired) electrons. The highest BCUT2D eigenvalue weighted by Crippen LogP contribution is 2.27. The number of rotatable bonds is 2. The van der Waals surface area contributed by atoms with E-state index in [0.717, 1.165) is 5.56 Å². The van der Waals surface area contributed by atoms with Gasteiger partial charge in [-0.15, -0.1) is 0 Å². The molecule has 0 aliphatic carbocycles. The zero-order valence-electron chi connectivity index (χ0n) is 10.1. The standard InChI is InChI=1S/C14H11BrClNO2/c1-8-7-9(18)5-6-12(8)17-14(19)10-3-2-4-11(15)13(10)16/h2-7,18H,1H3,(H,17,19). The number of halogens is 2. The summed E-state index contributed by atoms with van der Waals surface area (Å²) in [5.41, 5.74) is 1.81. The summed E-state index contributed by atoms with van der Waals surface area (Å²) in [5, 5.41) is 12.5. The number of benzene rings is 2. The molecule has 1 amide bonds. The van der Waals surface area contributed by atoms with Crippen molar-refractivity contribution in [3.8, 4) is 5.75 Å². The van der Waals surface area contributed by atoms with Crippen LogP contribution in [-0.2, 0) is 0 Å². The van der Waals surface area contributed by atoms with E-state index in [1.165, 1.54) is 6.07 Å². The first-order chi connectivity index (χ1) is 8.99. The van der Waals surface area contributed by atoms with Gasteiger partial charge in [-0.25, -0.2) is 0 Å². The van der Waals surface area contributed by atoms with Crippen molar-refractivity contribution in [2.24, 2.45) is 0 Å². The molecule has 2 aromatic rings. The predicted molar refractivity (Wildman–Crippen MR) is 79.9 cm³/mol. The second kappa shape index (κ2) is 5.63. The average molecular weight is 341 g/mol. The number of anilines is 1. The molecular weight excluding hydrogens is 330 g/mol. The lowest BCUT2D eigenvalue weighted by Crippen LogP contribution is -2.13. The van der Waals surface area contributed by atoms with E-state index in [4.69, 9.17) is 11.6 Å². The second-order valence-electron chi connectivity index (χ2n) is 4.05. The Labute approximate surface area is 124 Å². The summed E-state index contributed by atoms with van der Waals surface area (Å²) in [6.07, 6.45) is 0. The Balaban J connectivity index is 2.28. The lowest BCUT2D eigenvalue weighted by molar-refractivity contribution is 0.102. The van der Waals surface area contributed by atoms with Crippen molar-refractivity contribution < 1.29 is 9.90 Å². The molecule has 3 nitrogen and oxygen atoms in total. The van der Waals surface area contributed by atoms with Crippen molar-refractivity contribution in [2.75, 3.05) is 5.32 Å². The fourth-order valence-corrected chi connectivity index (χ4v) is 2.23. The van der Waals surface area contributed by atoms with Crippen LogP contribution in [0.3, 0.4) is 0 Å². The molecule has 2 rings (SSSR count). The SMILES string of the molecule is Cc1cc(O)ccc1NC(=O)c1cccc(Br)c1Cl. The van der Waals surface area contributed by atoms with Gasteiger partial charge in [0.1, 0.15) is 5.75 Å². The number of aromatic hydroxyl groups is 1. The van der Waals surface area contributed by atoms with Gasteiger partial charge in [-0.1, -0.05) is 17.7 Å². The summed E-state index contributed by atoms with van der Waals surface area (Å²) in [6, 6.07) is 9.91. The number of phenols is 1. The van der Waals surface area contributed by atoms with Crippen LogP contribution in [0, 0.1) is 6.92 Å². The summed E-state index contributed by atoms with van der Waals surface area (Å²) in [5.74, 6) is -0.129. The van der Waals surface area contributed by atoms with Crippen molar-refractivity contribution >= 4 is 39.1 Å². The lowest BCUT2D eigenvalue weighted by atomic mass is 10.1. The third-order valence-corrected chi connectivity index (χ3v) is 3.95. The van der Waals surface area contributed by atoms with Crippen LogP contribution in [0.5, 0.6) is 5.75 Å². The summed E-state index contributed by atoms with van der Waals surface area (Å²) < 4.78 is 0.671. The van der Waals surface area contributed by atoms with E-state index >= 15 is 0 Å². The highest BCUT2D eigenvalue weighted by atomic mass is 79.9. The second-order valence-corrected chi connectivity index (χ2v) is 5.29. The molecule has 0 bridgehead atoms. The van der Waals surface area contributed by atoms with Crippen LogP contribution in [0.4, 0.5) is 5.69 Å². The van der Waals surface area contributed by atoms with Crippen LogP contribution in [-0.4, -0.2) is 11.0 Å². The Kier molecular flexibility index (Phi) is 4.12. The Morgan fingerprint density at radius 2 is 2.05 bits per heavy atom. The van der Waals surface area contributed by atoms with Crippen molar-refractivity contribution in [3.63, 3.8) is 0 Å². The van der Waals surface area contributed by atoms with Crippen molar-refractivity contribution in [1.29, 1.82) is 0 Å². The summed E-state index contributed by atoms with van der Waals surface area (Å²) in [4.78, 5) is 12.1. The molecule has 0 saturated carbocycles. The van der Waals surface area contributed by atoms with Gasteiger partial charge in [-0.3, -0.25) is 4.79 Å². The van der Waals surface area contributed by atoms with Crippen molar-refractivity contribution in [2.45, 2.75) is 6.92 Å². The zero-order chi connectivity index (χ0) is 14.0. The lowest BCUT2D eigenvalue weighted by Gasteiger charge is -2.10. The third kappa shape index (κ3) is 3.08. The van der Waals surface area contributed by atoms with Crippen molar-refractivity contribution in [3.05, 3.63) is 57.0 Å². The van der Waals surface area contributed by atoms with Gasteiger partial charge in [0.25, 0.3) is 5.91 Å². The van der Waals surface area contributed by atoms with E-state index in [0.29, 0.717) is 20.7 Å². The number of carbonyl (C=O) groups excluding carboxylic acids is 1. The van der Waals surface area contributed by atoms with E-state index in [2.05, 4.69) is 21.2 Å². The minimum absolute atomic E-state index is 0.163. The molecule has 0 aliphatic rings. The normalized spacial score (nSPS) is 10.3. The van der Waals surface area contributed by atoms with Gasteiger partial charge in [-0.2, -0.15) is 0 Å². The fourth-order valence-electron chi connectivity index (χ4n) is 1.66. The Morgan fingerprint density at radius 1 is 1.32 bits per heavy atom. The van der Waals surface area contributed by atoms with Gasteiger partial charge in [0, 0.05) is 10.2 Å². The molecule has 0 aliphatic heterocycles. The minimum Gasteiger partial charge on any atom is -0.508 e. The molecule has 2 aromatic carbocycles. The quantitative estimate of drug-likeness (QED) is 0.798. The first-order valence-corrected chi connectivity index (χ1v) is 6.71. The van der Waals surface area contributed by atoms with Crippen LogP contribution in [0.15, 0.2) is 40.9 Å². The van der Waals surface area contributed by atoms with Gasteiger partial charge in [0.05, 0.1) is 10.6 Å². The number of carbonyl (C=O) groups is 1.